The summed E-state index contributed by atoms with van der Waals surface area (Å²) in [4.78, 5) is 0. The molecular weight excluding hydrogens is 576 g/mol. The van der Waals surface area contributed by atoms with Gasteiger partial charge in [-0.25, -0.2) is 0 Å². The first-order chi connectivity index (χ1) is 23.2. The second kappa shape index (κ2) is 34.6. The van der Waals surface area contributed by atoms with Crippen LogP contribution in [-0.2, 0) is 6.42 Å². The summed E-state index contributed by atoms with van der Waals surface area (Å²) in [6.07, 6.45) is 43.3. The Hall–Kier alpha value is -1.22. The Bertz CT molecular complexity index is 743. The maximum absolute atomic E-state index is 9.39. The van der Waals surface area contributed by atoms with Gasteiger partial charge >= 0.3 is 0 Å². The van der Waals surface area contributed by atoms with Crippen LogP contribution in [-0.4, -0.2) is 24.4 Å². The summed E-state index contributed by atoms with van der Waals surface area (Å²) in [6.45, 7) is 7.26. The molecule has 0 radical (unpaired) electrons. The summed E-state index contributed by atoms with van der Waals surface area (Å²) >= 11 is 0. The second-order valence-electron chi connectivity index (χ2n) is 14.6. The van der Waals surface area contributed by atoms with Gasteiger partial charge in [0.15, 0.2) is 0 Å². The van der Waals surface area contributed by atoms with Crippen molar-refractivity contribution >= 4 is 0 Å². The third-order valence-electron chi connectivity index (χ3n) is 9.93. The van der Waals surface area contributed by atoms with Crippen LogP contribution in [0.25, 0.3) is 0 Å². The summed E-state index contributed by atoms with van der Waals surface area (Å²) in [5.74, 6) is 1.81. The lowest BCUT2D eigenvalue weighted by molar-refractivity contribution is 0.170. The van der Waals surface area contributed by atoms with Crippen LogP contribution in [0.4, 0.5) is 0 Å². The van der Waals surface area contributed by atoms with Gasteiger partial charge in [0.2, 0.25) is 0 Å². The average molecular weight is 659 g/mol. The Labute approximate surface area is 294 Å². The lowest BCUT2D eigenvalue weighted by atomic mass is 10.0. The fourth-order valence-electron chi connectivity index (χ4n) is 6.90. The first kappa shape index (κ1) is 43.8. The normalized spacial score (nSPS) is 11.5. The molecule has 3 nitrogen and oxygen atoms in total. The third-order valence-corrected chi connectivity index (χ3v) is 9.93. The Morgan fingerprint density at radius 1 is 0.447 bits per heavy atom. The predicted molar refractivity (Wildman–Crippen MR) is 207 cm³/mol. The molecule has 276 valence electrons. The minimum absolute atomic E-state index is 0.0405. The molecule has 0 amide bonds. The smallest absolute Gasteiger partial charge is 0.123 e. The number of hydrogen-bond acceptors (Lipinski definition) is 3. The van der Waals surface area contributed by atoms with Crippen LogP contribution in [0.1, 0.15) is 225 Å². The molecule has 47 heavy (non-hydrogen) atoms. The van der Waals surface area contributed by atoms with Gasteiger partial charge in [0, 0.05) is 6.07 Å². The lowest BCUT2D eigenvalue weighted by Crippen LogP contribution is -2.17. The summed E-state index contributed by atoms with van der Waals surface area (Å²) in [5, 5.41) is 9.39. The monoisotopic (exact) mass is 659 g/mol. The Kier molecular flexibility index (Phi) is 32.3. The highest BCUT2D eigenvalue weighted by Crippen LogP contribution is 2.28. The van der Waals surface area contributed by atoms with E-state index < -0.39 is 0 Å². The average Bonchev–Trinajstić information content (AvgIpc) is 3.08. The van der Waals surface area contributed by atoms with Gasteiger partial charge < -0.3 is 14.6 Å². The third kappa shape index (κ3) is 28.3. The van der Waals surface area contributed by atoms with Gasteiger partial charge in [-0.1, -0.05) is 188 Å². The van der Waals surface area contributed by atoms with E-state index in [1.165, 1.54) is 192 Å². The van der Waals surface area contributed by atoms with Gasteiger partial charge in [0.1, 0.15) is 18.1 Å². The van der Waals surface area contributed by atoms with Crippen LogP contribution in [0, 0.1) is 0 Å². The molecule has 1 aromatic carbocycles. The van der Waals surface area contributed by atoms with Crippen molar-refractivity contribution < 1.29 is 14.6 Å². The van der Waals surface area contributed by atoms with Gasteiger partial charge in [-0.15, -0.1) is 0 Å². The van der Waals surface area contributed by atoms with Gasteiger partial charge in [-0.3, -0.25) is 0 Å². The summed E-state index contributed by atoms with van der Waals surface area (Å²) in [6, 6.07) is 6.52. The number of aryl methyl sites for hydroxylation is 1. The fraction of sp³-hybridized carbons (Fsp3) is 0.864. The molecule has 0 aliphatic rings. The molecule has 1 rings (SSSR count). The highest BCUT2D eigenvalue weighted by molar-refractivity contribution is 5.38. The SMILES string of the molecule is CCCCCCCCCCCCCCCc1cc(OCCO)cc(OC(CCCCCCCCCC)CCCCCCCCCC)c1. The van der Waals surface area contributed by atoms with Crippen LogP contribution < -0.4 is 9.47 Å². The van der Waals surface area contributed by atoms with Gasteiger partial charge in [0.05, 0.1) is 12.7 Å². The van der Waals surface area contributed by atoms with Crippen molar-refractivity contribution in [1.29, 1.82) is 0 Å². The molecule has 0 heterocycles. The van der Waals surface area contributed by atoms with Crippen LogP contribution in [0.5, 0.6) is 11.5 Å². The van der Waals surface area contributed by atoms with E-state index in [4.69, 9.17) is 9.47 Å². The molecule has 1 aromatic rings. The predicted octanol–water partition coefficient (Wildman–Crippen LogP) is 14.5. The number of rotatable bonds is 37. The molecule has 0 fully saturated rings. The van der Waals surface area contributed by atoms with Crippen molar-refractivity contribution in [3.05, 3.63) is 23.8 Å². The topological polar surface area (TPSA) is 38.7 Å². The number of benzene rings is 1. The van der Waals surface area contributed by atoms with E-state index in [9.17, 15) is 5.11 Å². The van der Waals surface area contributed by atoms with E-state index >= 15 is 0 Å². The standard InChI is InChI=1S/C44H82O3/c1-4-7-10-13-16-19-20-21-22-23-24-27-30-33-41-38-43(46-37-36-45)40-44(39-41)47-42(34-31-28-25-17-14-11-8-5-2)35-32-29-26-18-15-12-9-6-3/h38-40,42,45H,4-37H2,1-3H3. The molecule has 0 aromatic heterocycles. The first-order valence-corrected chi connectivity index (χ1v) is 21.3. The zero-order valence-corrected chi connectivity index (χ0v) is 32.1. The lowest BCUT2D eigenvalue weighted by Gasteiger charge is -2.21. The number of aliphatic hydroxyl groups is 1. The molecule has 0 atom stereocenters. The van der Waals surface area contributed by atoms with Crippen molar-refractivity contribution in [2.24, 2.45) is 0 Å². The van der Waals surface area contributed by atoms with Gasteiger partial charge in [0.25, 0.3) is 0 Å². The zero-order valence-electron chi connectivity index (χ0n) is 32.1. The minimum atomic E-state index is 0.0405. The maximum Gasteiger partial charge on any atom is 0.123 e. The largest absolute Gasteiger partial charge is 0.491 e. The fourth-order valence-corrected chi connectivity index (χ4v) is 6.90. The Morgan fingerprint density at radius 2 is 0.809 bits per heavy atom. The highest BCUT2D eigenvalue weighted by Gasteiger charge is 2.13. The molecule has 0 aliphatic heterocycles. The van der Waals surface area contributed by atoms with Crippen LogP contribution in [0.3, 0.4) is 0 Å². The quantitative estimate of drug-likeness (QED) is 0.0723. The van der Waals surface area contributed by atoms with Gasteiger partial charge in [-0.05, 0) is 56.2 Å². The number of aliphatic hydroxyl groups excluding tert-OH is 1. The van der Waals surface area contributed by atoms with Crippen LogP contribution >= 0.6 is 0 Å². The van der Waals surface area contributed by atoms with Crippen molar-refractivity contribution in [3.63, 3.8) is 0 Å². The Morgan fingerprint density at radius 3 is 1.21 bits per heavy atom. The second-order valence-corrected chi connectivity index (χ2v) is 14.6. The summed E-state index contributed by atoms with van der Waals surface area (Å²) < 4.78 is 12.7. The summed E-state index contributed by atoms with van der Waals surface area (Å²) in [7, 11) is 0. The van der Waals surface area contributed by atoms with E-state index in [0.29, 0.717) is 6.61 Å². The molecule has 3 heteroatoms. The van der Waals surface area contributed by atoms with Gasteiger partial charge in [-0.2, -0.15) is 0 Å². The number of unbranched alkanes of at least 4 members (excludes halogenated alkanes) is 26. The molecular formula is C44H82O3. The van der Waals surface area contributed by atoms with Crippen molar-refractivity contribution in [3.8, 4) is 11.5 Å². The molecule has 0 bridgehead atoms. The van der Waals surface area contributed by atoms with Crippen LogP contribution in [0.2, 0.25) is 0 Å². The van der Waals surface area contributed by atoms with E-state index in [-0.39, 0.29) is 12.7 Å². The molecule has 1 N–H and O–H groups in total. The maximum atomic E-state index is 9.39. The van der Waals surface area contributed by atoms with E-state index in [2.05, 4.69) is 39.0 Å². The first-order valence-electron chi connectivity index (χ1n) is 21.3. The van der Waals surface area contributed by atoms with Crippen molar-refractivity contribution in [1.82, 2.24) is 0 Å². The zero-order chi connectivity index (χ0) is 33.9. The molecule has 0 saturated heterocycles. The molecule has 0 unspecified atom stereocenters. The van der Waals surface area contributed by atoms with E-state index in [0.717, 1.165) is 30.8 Å². The Balaban J connectivity index is 2.54. The minimum Gasteiger partial charge on any atom is -0.491 e. The molecule has 0 spiro atoms. The summed E-state index contributed by atoms with van der Waals surface area (Å²) in [5.41, 5.74) is 1.32. The van der Waals surface area contributed by atoms with E-state index in [1.54, 1.807) is 0 Å². The molecule has 0 aliphatic carbocycles. The number of hydrogen-bond donors (Lipinski definition) is 1. The number of ether oxygens (including phenoxy) is 2. The van der Waals surface area contributed by atoms with Crippen LogP contribution in [0.15, 0.2) is 18.2 Å². The molecule has 0 saturated carbocycles. The van der Waals surface area contributed by atoms with Crippen molar-refractivity contribution in [2.45, 2.75) is 232 Å². The van der Waals surface area contributed by atoms with E-state index in [1.807, 2.05) is 0 Å². The highest BCUT2D eigenvalue weighted by atomic mass is 16.5. The van der Waals surface area contributed by atoms with Crippen molar-refractivity contribution in [2.75, 3.05) is 13.2 Å².